The van der Waals surface area contributed by atoms with Gasteiger partial charge in [0.05, 0.1) is 6.61 Å². The monoisotopic (exact) mass is 335 g/mol. The fourth-order valence-corrected chi connectivity index (χ4v) is 2.46. The molecule has 0 saturated carbocycles. The Kier molecular flexibility index (Phi) is 5.64. The summed E-state index contributed by atoms with van der Waals surface area (Å²) in [5.41, 5.74) is 3.28. The molecule has 0 aliphatic heterocycles. The number of halogens is 1. The molecule has 0 radical (unpaired) electrons. The van der Waals surface area contributed by atoms with E-state index in [0.717, 1.165) is 34.5 Å². The molecule has 0 bridgehead atoms. The van der Waals surface area contributed by atoms with Crippen molar-refractivity contribution in [1.29, 1.82) is 0 Å². The number of nitrogens with zero attached hydrogens (tertiary/aromatic N) is 2. The first-order chi connectivity index (χ1) is 9.70. The van der Waals surface area contributed by atoms with E-state index in [1.54, 1.807) is 7.11 Å². The van der Waals surface area contributed by atoms with Crippen LogP contribution >= 0.6 is 15.9 Å². The van der Waals surface area contributed by atoms with Crippen molar-refractivity contribution >= 4 is 15.9 Å². The summed E-state index contributed by atoms with van der Waals surface area (Å²) in [5.74, 6) is 0.734. The number of aromatic nitrogens is 2. The van der Waals surface area contributed by atoms with E-state index in [9.17, 15) is 0 Å². The van der Waals surface area contributed by atoms with Gasteiger partial charge in [-0.15, -0.1) is 0 Å². The van der Waals surface area contributed by atoms with Crippen LogP contribution in [0.3, 0.4) is 0 Å². The normalized spacial score (nSPS) is 10.8. The zero-order valence-corrected chi connectivity index (χ0v) is 13.3. The highest BCUT2D eigenvalue weighted by Gasteiger charge is 2.06. The number of hydrogen-bond donors (Lipinski definition) is 1. The lowest BCUT2D eigenvalue weighted by Crippen LogP contribution is -2.18. The average Bonchev–Trinajstić information content (AvgIpc) is 2.45. The fraction of sp³-hybridized carbons (Fsp3) is 0.333. The first-order valence-electron chi connectivity index (χ1n) is 6.48. The summed E-state index contributed by atoms with van der Waals surface area (Å²) in [6, 6.07) is 6.16. The Morgan fingerprint density at radius 1 is 1.25 bits per heavy atom. The molecule has 106 valence electrons. The van der Waals surface area contributed by atoms with Crippen LogP contribution in [0.5, 0.6) is 0 Å². The van der Waals surface area contributed by atoms with Gasteiger partial charge in [-0.05, 0) is 24.6 Å². The largest absolute Gasteiger partial charge is 0.383 e. The van der Waals surface area contributed by atoms with Gasteiger partial charge in [0.2, 0.25) is 0 Å². The third-order valence-corrected chi connectivity index (χ3v) is 3.54. The van der Waals surface area contributed by atoms with Crippen LogP contribution in [-0.2, 0) is 11.3 Å². The standard InChI is InChI=1S/C15H18BrN3O/c1-11-3-4-13(14(16)7-11)15-18-9-12(10-19-15)8-17-5-6-20-2/h3-4,7,9-10,17H,5-6,8H2,1-2H3. The summed E-state index contributed by atoms with van der Waals surface area (Å²) >= 11 is 3.56. The van der Waals surface area contributed by atoms with E-state index < -0.39 is 0 Å². The molecule has 0 atom stereocenters. The van der Waals surface area contributed by atoms with E-state index in [-0.39, 0.29) is 0 Å². The number of methoxy groups -OCH3 is 1. The second-order valence-electron chi connectivity index (χ2n) is 4.57. The molecule has 5 heteroatoms. The summed E-state index contributed by atoms with van der Waals surface area (Å²) in [6.45, 7) is 4.33. The highest BCUT2D eigenvalue weighted by Crippen LogP contribution is 2.26. The van der Waals surface area contributed by atoms with Crippen LogP contribution in [0.2, 0.25) is 0 Å². The van der Waals surface area contributed by atoms with Crippen molar-refractivity contribution in [2.75, 3.05) is 20.3 Å². The molecule has 0 saturated heterocycles. The van der Waals surface area contributed by atoms with E-state index in [2.05, 4.69) is 50.3 Å². The molecule has 0 unspecified atom stereocenters. The molecule has 0 amide bonds. The molecule has 0 spiro atoms. The predicted octanol–water partition coefficient (Wildman–Crippen LogP) is 2.95. The Balaban J connectivity index is 2.04. The molecule has 0 aliphatic carbocycles. The number of ether oxygens (including phenoxy) is 1. The lowest BCUT2D eigenvalue weighted by molar-refractivity contribution is 0.199. The summed E-state index contributed by atoms with van der Waals surface area (Å²) in [7, 11) is 1.69. The number of rotatable bonds is 6. The van der Waals surface area contributed by atoms with Gasteiger partial charge in [-0.2, -0.15) is 0 Å². The van der Waals surface area contributed by atoms with Crippen LogP contribution in [0.4, 0.5) is 0 Å². The molecular formula is C15H18BrN3O. The van der Waals surface area contributed by atoms with E-state index in [1.165, 1.54) is 5.56 Å². The maximum atomic E-state index is 4.98. The Bertz CT molecular complexity index is 558. The zero-order valence-electron chi connectivity index (χ0n) is 11.7. The molecule has 0 fully saturated rings. The summed E-state index contributed by atoms with van der Waals surface area (Å²) in [6.07, 6.45) is 3.71. The van der Waals surface area contributed by atoms with Gasteiger partial charge >= 0.3 is 0 Å². The minimum atomic E-state index is 0.704. The molecule has 20 heavy (non-hydrogen) atoms. The molecule has 0 aliphatic rings. The number of nitrogens with one attached hydrogen (secondary N) is 1. The van der Waals surface area contributed by atoms with Gasteiger partial charge in [0, 0.05) is 48.2 Å². The minimum absolute atomic E-state index is 0.704. The van der Waals surface area contributed by atoms with Gasteiger partial charge < -0.3 is 10.1 Å². The lowest BCUT2D eigenvalue weighted by atomic mass is 10.1. The third-order valence-electron chi connectivity index (χ3n) is 2.88. The number of hydrogen-bond acceptors (Lipinski definition) is 4. The quantitative estimate of drug-likeness (QED) is 0.824. The highest BCUT2D eigenvalue weighted by molar-refractivity contribution is 9.10. The smallest absolute Gasteiger partial charge is 0.160 e. The Labute approximate surface area is 127 Å². The van der Waals surface area contributed by atoms with Gasteiger partial charge in [0.1, 0.15) is 0 Å². The van der Waals surface area contributed by atoms with Crippen LogP contribution < -0.4 is 5.32 Å². The van der Waals surface area contributed by atoms with Gasteiger partial charge in [-0.25, -0.2) is 9.97 Å². The molecule has 1 aromatic heterocycles. The first-order valence-corrected chi connectivity index (χ1v) is 7.27. The van der Waals surface area contributed by atoms with Crippen molar-refractivity contribution in [3.05, 3.63) is 46.2 Å². The number of benzene rings is 1. The second kappa shape index (κ2) is 7.47. The van der Waals surface area contributed by atoms with Gasteiger partial charge in [-0.1, -0.05) is 22.0 Å². The Hall–Kier alpha value is -1.30. The minimum Gasteiger partial charge on any atom is -0.383 e. The van der Waals surface area contributed by atoms with Crippen molar-refractivity contribution in [2.45, 2.75) is 13.5 Å². The van der Waals surface area contributed by atoms with Crippen LogP contribution in [0.15, 0.2) is 35.1 Å². The molecule has 1 aromatic carbocycles. The van der Waals surface area contributed by atoms with Crippen molar-refractivity contribution in [2.24, 2.45) is 0 Å². The Morgan fingerprint density at radius 2 is 2.00 bits per heavy atom. The van der Waals surface area contributed by atoms with E-state index in [0.29, 0.717) is 6.61 Å². The van der Waals surface area contributed by atoms with E-state index >= 15 is 0 Å². The highest BCUT2D eigenvalue weighted by atomic mass is 79.9. The summed E-state index contributed by atoms with van der Waals surface area (Å²) in [4.78, 5) is 8.85. The average molecular weight is 336 g/mol. The first kappa shape index (κ1) is 15.1. The molecule has 1 heterocycles. The summed E-state index contributed by atoms with van der Waals surface area (Å²) < 4.78 is 6.00. The maximum absolute atomic E-state index is 4.98. The third kappa shape index (κ3) is 4.10. The SMILES string of the molecule is COCCNCc1cnc(-c2ccc(C)cc2Br)nc1. The van der Waals surface area contributed by atoms with Gasteiger partial charge in [0.25, 0.3) is 0 Å². The van der Waals surface area contributed by atoms with E-state index in [1.807, 2.05) is 18.5 Å². The van der Waals surface area contributed by atoms with Crippen LogP contribution in [0.25, 0.3) is 11.4 Å². The molecule has 4 nitrogen and oxygen atoms in total. The number of aryl methyl sites for hydroxylation is 1. The molecule has 2 aromatic rings. The zero-order chi connectivity index (χ0) is 14.4. The van der Waals surface area contributed by atoms with Crippen LogP contribution in [0.1, 0.15) is 11.1 Å². The van der Waals surface area contributed by atoms with Crippen molar-refractivity contribution in [3.63, 3.8) is 0 Å². The maximum Gasteiger partial charge on any atom is 0.160 e. The van der Waals surface area contributed by atoms with Crippen molar-refractivity contribution in [3.8, 4) is 11.4 Å². The van der Waals surface area contributed by atoms with Crippen LogP contribution in [0, 0.1) is 6.92 Å². The Morgan fingerprint density at radius 3 is 2.65 bits per heavy atom. The molecule has 2 rings (SSSR count). The van der Waals surface area contributed by atoms with Crippen molar-refractivity contribution < 1.29 is 4.74 Å². The fourth-order valence-electron chi connectivity index (χ4n) is 1.79. The van der Waals surface area contributed by atoms with Gasteiger partial charge in [0.15, 0.2) is 5.82 Å². The lowest BCUT2D eigenvalue weighted by Gasteiger charge is -2.06. The van der Waals surface area contributed by atoms with Crippen molar-refractivity contribution in [1.82, 2.24) is 15.3 Å². The van der Waals surface area contributed by atoms with Crippen LogP contribution in [-0.4, -0.2) is 30.2 Å². The second-order valence-corrected chi connectivity index (χ2v) is 5.42. The predicted molar refractivity (Wildman–Crippen MR) is 83.5 cm³/mol. The molecular weight excluding hydrogens is 318 g/mol. The van der Waals surface area contributed by atoms with Gasteiger partial charge in [-0.3, -0.25) is 0 Å². The van der Waals surface area contributed by atoms with E-state index in [4.69, 9.17) is 4.74 Å². The molecule has 1 N–H and O–H groups in total. The summed E-state index contributed by atoms with van der Waals surface area (Å²) in [5, 5.41) is 3.27. The topological polar surface area (TPSA) is 47.0 Å².